The van der Waals surface area contributed by atoms with E-state index in [-0.39, 0.29) is 25.1 Å². The van der Waals surface area contributed by atoms with E-state index in [1.807, 2.05) is 43.4 Å². The fraction of sp³-hybridized carbons (Fsp3) is 0.500. The Kier molecular flexibility index (Phi) is 11.0. The van der Waals surface area contributed by atoms with Crippen molar-refractivity contribution in [1.29, 1.82) is 0 Å². The monoisotopic (exact) mass is 515 g/mol. The molecule has 0 radical (unpaired) electrons. The maximum Gasteiger partial charge on any atom is 0.407 e. The highest BCUT2D eigenvalue weighted by Gasteiger charge is 2.20. The number of likely N-dealkylation sites (N-methyl/N-ethyl adjacent to an activating group) is 2. The summed E-state index contributed by atoms with van der Waals surface area (Å²) >= 11 is 6.23. The molecular formula is C28H38ClN3O4. The van der Waals surface area contributed by atoms with Gasteiger partial charge in [-0.3, -0.25) is 4.79 Å². The van der Waals surface area contributed by atoms with Crippen molar-refractivity contribution in [2.45, 2.75) is 50.7 Å². The summed E-state index contributed by atoms with van der Waals surface area (Å²) in [6.45, 7) is 0.992. The molecule has 3 N–H and O–H groups in total. The molecule has 0 saturated heterocycles. The fourth-order valence-electron chi connectivity index (χ4n) is 4.75. The van der Waals surface area contributed by atoms with Crippen LogP contribution in [0.3, 0.4) is 0 Å². The van der Waals surface area contributed by atoms with Crippen LogP contribution in [0.25, 0.3) is 0 Å². The predicted molar refractivity (Wildman–Crippen MR) is 143 cm³/mol. The van der Waals surface area contributed by atoms with Crippen LogP contribution in [0.15, 0.2) is 48.5 Å². The Balaban J connectivity index is 1.68. The number of carbonyl (C=O) groups excluding carboxylic acids is 1. The maximum atomic E-state index is 13.0. The van der Waals surface area contributed by atoms with Crippen LogP contribution in [0.5, 0.6) is 0 Å². The number of amides is 2. The summed E-state index contributed by atoms with van der Waals surface area (Å²) < 4.78 is 6.12. The van der Waals surface area contributed by atoms with Crippen LogP contribution in [0.2, 0.25) is 5.02 Å². The summed E-state index contributed by atoms with van der Waals surface area (Å²) in [6, 6.07) is 15.0. The molecule has 196 valence electrons. The minimum Gasteiger partial charge on any atom is -0.465 e. The summed E-state index contributed by atoms with van der Waals surface area (Å²) in [7, 11) is 3.45. The molecule has 1 aliphatic carbocycles. The minimum atomic E-state index is -1.01. The van der Waals surface area contributed by atoms with E-state index in [1.165, 1.54) is 44.1 Å². The molecule has 1 unspecified atom stereocenters. The molecule has 1 aliphatic rings. The van der Waals surface area contributed by atoms with Gasteiger partial charge in [0.1, 0.15) is 6.10 Å². The topological polar surface area (TPSA) is 90.9 Å². The molecule has 2 atom stereocenters. The van der Waals surface area contributed by atoms with Crippen LogP contribution in [-0.2, 0) is 4.74 Å². The van der Waals surface area contributed by atoms with Gasteiger partial charge in [-0.15, -0.1) is 0 Å². The molecular weight excluding hydrogens is 478 g/mol. The highest BCUT2D eigenvalue weighted by molar-refractivity contribution is 6.30. The Morgan fingerprint density at radius 2 is 1.81 bits per heavy atom. The van der Waals surface area contributed by atoms with Crippen LogP contribution in [0, 0.1) is 5.92 Å². The van der Waals surface area contributed by atoms with E-state index in [0.717, 1.165) is 23.5 Å². The molecule has 2 aromatic carbocycles. The van der Waals surface area contributed by atoms with E-state index in [9.17, 15) is 9.59 Å². The molecule has 0 spiro atoms. The third kappa shape index (κ3) is 8.50. The normalized spacial score (nSPS) is 15.8. The number of ether oxygens (including phenoxy) is 1. The lowest BCUT2D eigenvalue weighted by molar-refractivity contribution is 0.0634. The van der Waals surface area contributed by atoms with Gasteiger partial charge in [0.15, 0.2) is 0 Å². The highest BCUT2D eigenvalue weighted by atomic mass is 35.5. The second-order valence-electron chi connectivity index (χ2n) is 9.57. The van der Waals surface area contributed by atoms with Crippen LogP contribution in [-0.4, -0.2) is 61.8 Å². The molecule has 2 amide bonds. The number of hydrogen-bond acceptors (Lipinski definition) is 4. The number of rotatable bonds is 12. The minimum absolute atomic E-state index is 0.129. The predicted octanol–water partition coefficient (Wildman–Crippen LogP) is 5.34. The van der Waals surface area contributed by atoms with Gasteiger partial charge in [-0.2, -0.15) is 0 Å². The largest absolute Gasteiger partial charge is 0.465 e. The van der Waals surface area contributed by atoms with Crippen LogP contribution >= 0.6 is 11.6 Å². The summed E-state index contributed by atoms with van der Waals surface area (Å²) in [5, 5.41) is 16.1. The van der Waals surface area contributed by atoms with Crippen molar-refractivity contribution in [3.05, 3.63) is 70.2 Å². The lowest BCUT2D eigenvalue weighted by Crippen LogP contribution is -2.40. The van der Waals surface area contributed by atoms with Gasteiger partial charge in [0.05, 0.1) is 6.61 Å². The fourth-order valence-corrected chi connectivity index (χ4v) is 4.95. The quantitative estimate of drug-likeness (QED) is 0.355. The molecule has 7 nitrogen and oxygen atoms in total. The second-order valence-corrected chi connectivity index (χ2v) is 10.0. The lowest BCUT2D eigenvalue weighted by Gasteiger charge is -2.26. The molecule has 1 fully saturated rings. The molecule has 0 aromatic heterocycles. The van der Waals surface area contributed by atoms with Crippen molar-refractivity contribution in [1.82, 2.24) is 15.5 Å². The first-order valence-electron chi connectivity index (χ1n) is 12.7. The average molecular weight is 516 g/mol. The van der Waals surface area contributed by atoms with Gasteiger partial charge in [-0.05, 0) is 54.8 Å². The van der Waals surface area contributed by atoms with Gasteiger partial charge >= 0.3 is 6.09 Å². The lowest BCUT2D eigenvalue weighted by atomic mass is 9.85. The number of nitrogens with one attached hydrogen (secondary N) is 2. The number of hydrogen-bond donors (Lipinski definition) is 3. The molecule has 3 rings (SSSR count). The van der Waals surface area contributed by atoms with Crippen LogP contribution in [0.4, 0.5) is 4.79 Å². The van der Waals surface area contributed by atoms with E-state index in [1.54, 1.807) is 12.1 Å². The summed E-state index contributed by atoms with van der Waals surface area (Å²) in [4.78, 5) is 25.3. The van der Waals surface area contributed by atoms with E-state index in [4.69, 9.17) is 21.4 Å². The maximum absolute atomic E-state index is 13.0. The summed E-state index contributed by atoms with van der Waals surface area (Å²) in [5.74, 6) is 0.600. The summed E-state index contributed by atoms with van der Waals surface area (Å²) in [5.41, 5.74) is 2.19. The first-order chi connectivity index (χ1) is 17.4. The van der Waals surface area contributed by atoms with E-state index in [2.05, 4.69) is 10.6 Å². The number of carboxylic acid groups (broad SMARTS) is 1. The Morgan fingerprint density at radius 3 is 2.47 bits per heavy atom. The number of benzene rings is 2. The molecule has 1 saturated carbocycles. The molecule has 0 bridgehead atoms. The first kappa shape index (κ1) is 28.0. The van der Waals surface area contributed by atoms with Gasteiger partial charge in [0, 0.05) is 36.8 Å². The molecule has 0 aliphatic heterocycles. The Labute approximate surface area is 219 Å². The zero-order valence-electron chi connectivity index (χ0n) is 21.2. The standard InChI is InChI=1S/C28H38ClN3O4/c1-30-25(16-20-8-4-3-5-9-20)19-31-27(33)23-12-6-10-21(17-23)26(22-11-7-13-24(29)18-22)36-15-14-32(2)28(34)35/h6-7,10-13,17-18,20,25-26,30H,3-5,8-9,14-16,19H2,1-2H3,(H,31,33)(H,34,35)/t25-,26?/m0/s1. The number of nitrogens with zero attached hydrogens (tertiary/aromatic N) is 1. The van der Waals surface area contributed by atoms with Crippen molar-refractivity contribution in [3.63, 3.8) is 0 Å². The van der Waals surface area contributed by atoms with Crippen molar-refractivity contribution in [2.75, 3.05) is 33.8 Å². The zero-order chi connectivity index (χ0) is 25.9. The number of carbonyl (C=O) groups is 2. The zero-order valence-corrected chi connectivity index (χ0v) is 22.0. The number of halogens is 1. The van der Waals surface area contributed by atoms with Crippen LogP contribution in [0.1, 0.15) is 66.1 Å². The Morgan fingerprint density at radius 1 is 1.11 bits per heavy atom. The Hall–Kier alpha value is -2.61. The van der Waals surface area contributed by atoms with Gasteiger partial charge in [0.2, 0.25) is 0 Å². The van der Waals surface area contributed by atoms with Crippen molar-refractivity contribution < 1.29 is 19.4 Å². The van der Waals surface area contributed by atoms with E-state index < -0.39 is 12.2 Å². The van der Waals surface area contributed by atoms with Gasteiger partial charge in [0.25, 0.3) is 5.91 Å². The smallest absolute Gasteiger partial charge is 0.407 e. The first-order valence-corrected chi connectivity index (χ1v) is 13.1. The van der Waals surface area contributed by atoms with Gasteiger partial charge in [-0.1, -0.05) is 68.0 Å². The van der Waals surface area contributed by atoms with Gasteiger partial charge < -0.3 is 25.4 Å². The molecule has 2 aromatic rings. The second kappa shape index (κ2) is 14.2. The van der Waals surface area contributed by atoms with Gasteiger partial charge in [-0.25, -0.2) is 4.79 Å². The third-order valence-electron chi connectivity index (χ3n) is 6.90. The van der Waals surface area contributed by atoms with Crippen molar-refractivity contribution in [2.24, 2.45) is 5.92 Å². The summed E-state index contributed by atoms with van der Waals surface area (Å²) in [6.07, 6.45) is 6.08. The van der Waals surface area contributed by atoms with E-state index >= 15 is 0 Å². The molecule has 8 heteroatoms. The average Bonchev–Trinajstić information content (AvgIpc) is 2.89. The van der Waals surface area contributed by atoms with Crippen molar-refractivity contribution >= 4 is 23.6 Å². The van der Waals surface area contributed by atoms with Crippen LogP contribution < -0.4 is 10.6 Å². The van der Waals surface area contributed by atoms with E-state index in [0.29, 0.717) is 17.1 Å². The molecule has 0 heterocycles. The van der Waals surface area contributed by atoms with Crippen molar-refractivity contribution in [3.8, 4) is 0 Å². The highest BCUT2D eigenvalue weighted by Crippen LogP contribution is 2.29. The Bertz CT molecular complexity index is 996. The molecule has 36 heavy (non-hydrogen) atoms. The third-order valence-corrected chi connectivity index (χ3v) is 7.14. The SMILES string of the molecule is CN[C@H](CNC(=O)c1cccc(C(OCCN(C)C(=O)O)c2cccc(Cl)c2)c1)CC1CCCCC1.